The van der Waals surface area contributed by atoms with E-state index in [2.05, 4.69) is 191 Å². The molecule has 0 bridgehead atoms. The smallest absolute Gasteiger partial charge is 0.463 e. The number of hydrogen-bond acceptors (Lipinski definition) is 14. The molecule has 0 spiro atoms. The van der Waals surface area contributed by atoms with Crippen molar-refractivity contribution in [1.29, 1.82) is 0 Å². The van der Waals surface area contributed by atoms with Gasteiger partial charge in [0, 0.05) is 19.3 Å². The zero-order valence-corrected chi connectivity index (χ0v) is 72.8. The number of esters is 3. The minimum absolute atomic E-state index is 0.0802. The average Bonchev–Trinajstić information content (AvgIpc) is 0.899. The van der Waals surface area contributed by atoms with Crippen LogP contribution in [0.2, 0.25) is 0 Å². The van der Waals surface area contributed by atoms with Crippen LogP contribution in [0, 0.1) is 0 Å². The van der Waals surface area contributed by atoms with Crippen LogP contribution in [0.5, 0.6) is 0 Å². The predicted octanol–water partition coefficient (Wildman–Crippen LogP) is 27.1. The van der Waals surface area contributed by atoms with E-state index in [1.54, 1.807) is 0 Å². The number of carbonyl (C=O) groups excluding carboxylic acids is 3. The van der Waals surface area contributed by atoms with Crippen molar-refractivity contribution in [2.24, 2.45) is 0 Å². The number of allylic oxidation sites excluding steroid dienone is 28. The molecule has 5 unspecified atom stereocenters. The fourth-order valence-electron chi connectivity index (χ4n) is 11.8. The summed E-state index contributed by atoms with van der Waals surface area (Å²) in [5.74, 6) is -1.60. The van der Waals surface area contributed by atoms with Crippen LogP contribution in [0.15, 0.2) is 170 Å². The summed E-state index contributed by atoms with van der Waals surface area (Å²) < 4.78 is 61.3. The minimum Gasteiger partial charge on any atom is -0.463 e. The molecule has 18 heteroatoms. The van der Waals surface area contributed by atoms with Gasteiger partial charge in [0.15, 0.2) is 6.10 Å². The largest absolute Gasteiger partial charge is 0.472 e. The van der Waals surface area contributed by atoms with E-state index in [1.165, 1.54) is 122 Å². The molecule has 0 aliphatic carbocycles. The highest BCUT2D eigenvalue weighted by atomic mass is 31.2. The van der Waals surface area contributed by atoms with Crippen LogP contribution in [0.1, 0.15) is 355 Å². The van der Waals surface area contributed by atoms with Gasteiger partial charge in [0.1, 0.15) is 25.4 Å². The van der Waals surface area contributed by atoms with E-state index < -0.39 is 91.5 Å². The SMILES string of the molecule is CC/C=C\C/C=C\C/C=C\C/C=C\C/C=C\C/C=C\CCCCCCCCCCCCC(=O)OCC(COP(=O)(O)OCC(O)COP(=O)(O)OCC(O)COC(=O)CCCCCCCCCCCCCCCCCCC/C=C\C/C=C\C/C=C\C/C=C\C/C=C\CC)OC(=O)CCCCCCC/C=C\C/C=C\C/C=C\CC. The summed E-state index contributed by atoms with van der Waals surface area (Å²) in [6, 6.07) is 0. The summed E-state index contributed by atoms with van der Waals surface area (Å²) in [6.45, 7) is 2.34. The maximum absolute atomic E-state index is 13.0. The molecule has 0 aromatic rings. The maximum atomic E-state index is 13.0. The molecule has 0 saturated heterocycles. The Kier molecular flexibility index (Phi) is 82.4. The standard InChI is InChI=1S/C95H160O16P2/c1-4-7-10-13-16-19-22-25-28-30-32-34-36-38-40-42-43-44-45-47-49-50-52-54-56-58-61-63-66-69-72-75-78-81-93(98)105-84-90(96)85-107-112(101,102)108-86-91(97)87-109-113(103,104)110-89-92(111-95(100)83-80-77-74-71-68-65-60-27-24-21-18-15-12-9-6-3)88-106-94(99)82-79-76-73-70-67-64-62-59-57-55-53-51-48-46-41-39-37-35-33-31-29-26-23-20-17-14-11-8-5-2/h7-12,16-21,25-29,32-35,38-41,48,51,60,90-92,96-97H,4-6,13-15,22-24,30-31,36-37,42-47,49-50,52-59,61-89H2,1-3H3,(H,101,102)(H,103,104)/b10-7-,11-8-,12-9-,19-16-,20-17-,21-18-,28-25-,29-26-,34-32-,35-33-,40-38-,41-39-,51-48-,60-27-. The van der Waals surface area contributed by atoms with Gasteiger partial charge in [-0.15, -0.1) is 0 Å². The van der Waals surface area contributed by atoms with Crippen molar-refractivity contribution in [3.8, 4) is 0 Å². The first kappa shape index (κ1) is 108. The maximum Gasteiger partial charge on any atom is 0.472 e. The van der Waals surface area contributed by atoms with Crippen LogP contribution in [-0.4, -0.2) is 95.9 Å². The fraction of sp³-hybridized carbons (Fsp3) is 0.674. The third kappa shape index (κ3) is 87.6. The molecule has 113 heavy (non-hydrogen) atoms. The lowest BCUT2D eigenvalue weighted by molar-refractivity contribution is -0.161. The first-order valence-electron chi connectivity index (χ1n) is 44.4. The number of carbonyl (C=O) groups is 3. The van der Waals surface area contributed by atoms with Crippen LogP contribution in [0.4, 0.5) is 0 Å². The Hall–Kier alpha value is -5.09. The molecule has 0 aromatic heterocycles. The average molecular weight is 1620 g/mol. The molecule has 16 nitrogen and oxygen atoms in total. The topological polar surface area (TPSA) is 231 Å². The van der Waals surface area contributed by atoms with E-state index in [1.807, 2.05) is 0 Å². The van der Waals surface area contributed by atoms with E-state index >= 15 is 0 Å². The van der Waals surface area contributed by atoms with E-state index in [0.717, 1.165) is 173 Å². The van der Waals surface area contributed by atoms with Crippen LogP contribution < -0.4 is 0 Å². The molecule has 0 fully saturated rings. The van der Waals surface area contributed by atoms with E-state index in [-0.39, 0.29) is 19.3 Å². The third-order valence-electron chi connectivity index (χ3n) is 18.4. The van der Waals surface area contributed by atoms with Gasteiger partial charge in [-0.05, 0) is 148 Å². The van der Waals surface area contributed by atoms with E-state index in [0.29, 0.717) is 19.3 Å². The second-order valence-electron chi connectivity index (χ2n) is 29.3. The second-order valence-corrected chi connectivity index (χ2v) is 32.2. The number of phosphoric acid groups is 2. The van der Waals surface area contributed by atoms with Crippen molar-refractivity contribution in [3.63, 3.8) is 0 Å². The van der Waals surface area contributed by atoms with Gasteiger partial charge in [0.25, 0.3) is 0 Å². The zero-order chi connectivity index (χ0) is 82.2. The number of aliphatic hydroxyl groups is 2. The number of ether oxygens (including phenoxy) is 3. The van der Waals surface area contributed by atoms with Gasteiger partial charge in [-0.3, -0.25) is 32.5 Å². The first-order chi connectivity index (χ1) is 55.2. The van der Waals surface area contributed by atoms with Gasteiger partial charge >= 0.3 is 33.6 Å². The van der Waals surface area contributed by atoms with Crippen LogP contribution in [-0.2, 0) is 55.8 Å². The Balaban J connectivity index is 4.48. The Morgan fingerprint density at radius 3 is 0.699 bits per heavy atom. The number of hydrogen-bond donors (Lipinski definition) is 4. The monoisotopic (exact) mass is 1620 g/mol. The number of aliphatic hydroxyl groups excluding tert-OH is 2. The summed E-state index contributed by atoms with van der Waals surface area (Å²) in [5.41, 5.74) is 0. The normalized spacial score (nSPS) is 14.6. The molecule has 0 heterocycles. The molecule has 5 atom stereocenters. The van der Waals surface area contributed by atoms with Gasteiger partial charge < -0.3 is 34.2 Å². The van der Waals surface area contributed by atoms with Gasteiger partial charge in [-0.2, -0.15) is 0 Å². The van der Waals surface area contributed by atoms with Gasteiger partial charge in [-0.1, -0.05) is 358 Å². The summed E-state index contributed by atoms with van der Waals surface area (Å²) in [6.07, 6.45) is 111. The van der Waals surface area contributed by atoms with Crippen LogP contribution in [0.25, 0.3) is 0 Å². The molecular formula is C95H160O16P2. The zero-order valence-electron chi connectivity index (χ0n) is 71.0. The number of unbranched alkanes of at least 4 members (excludes halogenated alkanes) is 32. The second kappa shape index (κ2) is 86.3. The van der Waals surface area contributed by atoms with Crippen molar-refractivity contribution < 1.29 is 75.8 Å². The molecule has 0 aromatic carbocycles. The van der Waals surface area contributed by atoms with Gasteiger partial charge in [0.05, 0.1) is 26.4 Å². The molecular weight excluding hydrogens is 1460 g/mol. The highest BCUT2D eigenvalue weighted by Crippen LogP contribution is 2.45. The van der Waals surface area contributed by atoms with Gasteiger partial charge in [0.2, 0.25) is 0 Å². The molecule has 646 valence electrons. The molecule has 0 rings (SSSR count). The quantitative estimate of drug-likeness (QED) is 0.0146. The van der Waals surface area contributed by atoms with Crippen molar-refractivity contribution in [2.45, 2.75) is 373 Å². The molecule has 0 aliphatic rings. The molecule has 0 saturated carbocycles. The molecule has 0 aliphatic heterocycles. The van der Waals surface area contributed by atoms with Crippen LogP contribution in [0.3, 0.4) is 0 Å². The Bertz CT molecular complexity index is 2730. The third-order valence-corrected chi connectivity index (χ3v) is 20.3. The highest BCUT2D eigenvalue weighted by Gasteiger charge is 2.29. The number of rotatable bonds is 83. The van der Waals surface area contributed by atoms with Crippen molar-refractivity contribution in [1.82, 2.24) is 0 Å². The van der Waals surface area contributed by atoms with Crippen LogP contribution >= 0.6 is 15.6 Å². The highest BCUT2D eigenvalue weighted by molar-refractivity contribution is 7.47. The lowest BCUT2D eigenvalue weighted by Gasteiger charge is -2.21. The minimum atomic E-state index is -4.95. The Morgan fingerprint density at radius 2 is 0.442 bits per heavy atom. The Labute approximate surface area is 688 Å². The van der Waals surface area contributed by atoms with Crippen molar-refractivity contribution in [3.05, 3.63) is 170 Å². The fourth-order valence-corrected chi connectivity index (χ4v) is 13.4. The van der Waals surface area contributed by atoms with Gasteiger partial charge in [-0.25, -0.2) is 9.13 Å². The summed E-state index contributed by atoms with van der Waals surface area (Å²) in [5, 5.41) is 20.7. The molecule has 4 N–H and O–H groups in total. The lowest BCUT2D eigenvalue weighted by Crippen LogP contribution is -2.30. The summed E-state index contributed by atoms with van der Waals surface area (Å²) >= 11 is 0. The summed E-state index contributed by atoms with van der Waals surface area (Å²) in [4.78, 5) is 58.8. The van der Waals surface area contributed by atoms with Crippen molar-refractivity contribution >= 4 is 33.6 Å². The van der Waals surface area contributed by atoms with E-state index in [9.17, 15) is 43.5 Å². The number of phosphoric ester groups is 2. The lowest BCUT2D eigenvalue weighted by atomic mass is 10.0. The van der Waals surface area contributed by atoms with Crippen molar-refractivity contribution in [2.75, 3.05) is 39.6 Å². The summed E-state index contributed by atoms with van der Waals surface area (Å²) in [7, 11) is -9.81. The van der Waals surface area contributed by atoms with E-state index in [4.69, 9.17) is 32.3 Å². The first-order valence-corrected chi connectivity index (χ1v) is 47.4. The Morgan fingerprint density at radius 1 is 0.248 bits per heavy atom. The molecule has 0 amide bonds. The predicted molar refractivity (Wildman–Crippen MR) is 472 cm³/mol. The molecule has 0 radical (unpaired) electrons.